The molecule has 0 aromatic heterocycles. The number of rotatable bonds is 8. The molecule has 0 aliphatic heterocycles. The molecule has 1 rings (SSSR count). The fourth-order valence-corrected chi connectivity index (χ4v) is 1.58. The Morgan fingerprint density at radius 2 is 1.88 bits per heavy atom. The molecular weight excluding hydrogens is 212 g/mol. The number of carbonyl (C=O) groups is 1. The van der Waals surface area contributed by atoms with Gasteiger partial charge in [-0.3, -0.25) is 4.79 Å². The van der Waals surface area contributed by atoms with E-state index in [4.69, 9.17) is 0 Å². The van der Waals surface area contributed by atoms with Crippen molar-refractivity contribution in [2.45, 2.75) is 32.6 Å². The van der Waals surface area contributed by atoms with Crippen molar-refractivity contribution in [3.8, 4) is 0 Å². The summed E-state index contributed by atoms with van der Waals surface area (Å²) in [7, 11) is 0. The van der Waals surface area contributed by atoms with Gasteiger partial charge >= 0.3 is 0 Å². The molecule has 1 aromatic rings. The van der Waals surface area contributed by atoms with Gasteiger partial charge in [0.05, 0.1) is 6.54 Å². The summed E-state index contributed by atoms with van der Waals surface area (Å²) in [5, 5.41) is 5.99. The standard InChI is InChI=1S/C14H22N2O/c1-2-3-4-8-11-15-14(17)12-16-13-9-6-5-7-10-13/h5-7,9-10,16H,2-4,8,11-12H2,1H3,(H,15,17). The zero-order chi connectivity index (χ0) is 12.3. The second-order valence-corrected chi connectivity index (χ2v) is 4.13. The number of hydrogen-bond acceptors (Lipinski definition) is 2. The first-order valence-corrected chi connectivity index (χ1v) is 6.38. The molecule has 1 amide bonds. The van der Waals surface area contributed by atoms with Gasteiger partial charge in [0.1, 0.15) is 0 Å². The second kappa shape index (κ2) is 8.62. The van der Waals surface area contributed by atoms with E-state index in [2.05, 4.69) is 17.6 Å². The first-order valence-electron chi connectivity index (χ1n) is 6.38. The number of benzene rings is 1. The molecule has 2 N–H and O–H groups in total. The number of para-hydroxylation sites is 1. The molecule has 94 valence electrons. The molecule has 3 heteroatoms. The molecule has 0 saturated heterocycles. The lowest BCUT2D eigenvalue weighted by Gasteiger charge is -2.07. The van der Waals surface area contributed by atoms with Gasteiger partial charge < -0.3 is 10.6 Å². The minimum Gasteiger partial charge on any atom is -0.376 e. The monoisotopic (exact) mass is 234 g/mol. The van der Waals surface area contributed by atoms with Crippen molar-refractivity contribution in [1.29, 1.82) is 0 Å². The highest BCUT2D eigenvalue weighted by Crippen LogP contribution is 2.03. The van der Waals surface area contributed by atoms with Crippen LogP contribution in [0.1, 0.15) is 32.6 Å². The van der Waals surface area contributed by atoms with Crippen LogP contribution >= 0.6 is 0 Å². The van der Waals surface area contributed by atoms with E-state index >= 15 is 0 Å². The van der Waals surface area contributed by atoms with E-state index in [0.717, 1.165) is 18.7 Å². The van der Waals surface area contributed by atoms with E-state index in [1.807, 2.05) is 30.3 Å². The number of anilines is 1. The van der Waals surface area contributed by atoms with Crippen LogP contribution in [0.5, 0.6) is 0 Å². The van der Waals surface area contributed by atoms with Crippen molar-refractivity contribution < 1.29 is 4.79 Å². The highest BCUT2D eigenvalue weighted by molar-refractivity contribution is 5.80. The third-order valence-electron chi connectivity index (χ3n) is 2.58. The van der Waals surface area contributed by atoms with Crippen LogP contribution in [0.2, 0.25) is 0 Å². The molecule has 0 bridgehead atoms. The van der Waals surface area contributed by atoms with Crippen molar-refractivity contribution in [2.75, 3.05) is 18.4 Å². The Morgan fingerprint density at radius 3 is 2.59 bits per heavy atom. The van der Waals surface area contributed by atoms with Gasteiger partial charge in [-0.05, 0) is 18.6 Å². The van der Waals surface area contributed by atoms with Crippen LogP contribution < -0.4 is 10.6 Å². The topological polar surface area (TPSA) is 41.1 Å². The highest BCUT2D eigenvalue weighted by atomic mass is 16.1. The Balaban J connectivity index is 2.05. The number of carbonyl (C=O) groups excluding carboxylic acids is 1. The fourth-order valence-electron chi connectivity index (χ4n) is 1.58. The lowest BCUT2D eigenvalue weighted by molar-refractivity contribution is -0.119. The molecule has 0 radical (unpaired) electrons. The van der Waals surface area contributed by atoms with Gasteiger partial charge in [0.2, 0.25) is 5.91 Å². The van der Waals surface area contributed by atoms with Crippen molar-refractivity contribution in [3.63, 3.8) is 0 Å². The lowest BCUT2D eigenvalue weighted by atomic mass is 10.2. The Labute approximate surface area is 104 Å². The van der Waals surface area contributed by atoms with E-state index in [9.17, 15) is 4.79 Å². The molecule has 0 fully saturated rings. The van der Waals surface area contributed by atoms with Gasteiger partial charge in [0.15, 0.2) is 0 Å². The zero-order valence-corrected chi connectivity index (χ0v) is 10.5. The Bertz CT molecular complexity index is 311. The molecule has 0 aliphatic carbocycles. The first-order chi connectivity index (χ1) is 8.33. The second-order valence-electron chi connectivity index (χ2n) is 4.13. The van der Waals surface area contributed by atoms with E-state index in [0.29, 0.717) is 6.54 Å². The summed E-state index contributed by atoms with van der Waals surface area (Å²) in [5.41, 5.74) is 0.980. The van der Waals surface area contributed by atoms with Crippen LogP contribution in [-0.4, -0.2) is 19.0 Å². The Kier molecular flexibility index (Phi) is 6.87. The third-order valence-corrected chi connectivity index (χ3v) is 2.58. The van der Waals surface area contributed by atoms with Gasteiger partial charge in [-0.1, -0.05) is 44.4 Å². The fraction of sp³-hybridized carbons (Fsp3) is 0.500. The van der Waals surface area contributed by atoms with Crippen molar-refractivity contribution in [3.05, 3.63) is 30.3 Å². The van der Waals surface area contributed by atoms with Crippen molar-refractivity contribution in [2.24, 2.45) is 0 Å². The smallest absolute Gasteiger partial charge is 0.239 e. The molecule has 0 unspecified atom stereocenters. The van der Waals surface area contributed by atoms with E-state index in [-0.39, 0.29) is 5.91 Å². The molecule has 17 heavy (non-hydrogen) atoms. The maximum atomic E-state index is 11.5. The minimum absolute atomic E-state index is 0.0605. The largest absolute Gasteiger partial charge is 0.376 e. The quantitative estimate of drug-likeness (QED) is 0.679. The molecule has 3 nitrogen and oxygen atoms in total. The van der Waals surface area contributed by atoms with Crippen molar-refractivity contribution >= 4 is 11.6 Å². The van der Waals surface area contributed by atoms with E-state index < -0.39 is 0 Å². The average molecular weight is 234 g/mol. The average Bonchev–Trinajstić information content (AvgIpc) is 2.37. The number of hydrogen-bond donors (Lipinski definition) is 2. The summed E-state index contributed by atoms with van der Waals surface area (Å²) in [5.74, 6) is 0.0605. The highest BCUT2D eigenvalue weighted by Gasteiger charge is 1.99. The number of unbranched alkanes of at least 4 members (excludes halogenated alkanes) is 3. The molecule has 0 aliphatic rings. The molecular formula is C14H22N2O. The van der Waals surface area contributed by atoms with Crippen LogP contribution in [0, 0.1) is 0 Å². The summed E-state index contributed by atoms with van der Waals surface area (Å²) in [6, 6.07) is 9.76. The molecule has 0 saturated carbocycles. The van der Waals surface area contributed by atoms with Crippen LogP contribution in [-0.2, 0) is 4.79 Å². The lowest BCUT2D eigenvalue weighted by Crippen LogP contribution is -2.30. The van der Waals surface area contributed by atoms with E-state index in [1.165, 1.54) is 19.3 Å². The predicted octanol–water partition coefficient (Wildman–Crippen LogP) is 2.80. The molecule has 0 atom stereocenters. The predicted molar refractivity (Wildman–Crippen MR) is 72.1 cm³/mol. The first kappa shape index (κ1) is 13.6. The van der Waals surface area contributed by atoms with Crippen LogP contribution in [0.4, 0.5) is 5.69 Å². The zero-order valence-electron chi connectivity index (χ0n) is 10.5. The molecule has 0 spiro atoms. The Hall–Kier alpha value is -1.51. The summed E-state index contributed by atoms with van der Waals surface area (Å²) in [6.07, 6.45) is 4.75. The summed E-state index contributed by atoms with van der Waals surface area (Å²) in [6.45, 7) is 3.31. The maximum absolute atomic E-state index is 11.5. The van der Waals surface area contributed by atoms with Gasteiger partial charge in [-0.25, -0.2) is 0 Å². The number of nitrogens with one attached hydrogen (secondary N) is 2. The van der Waals surface area contributed by atoms with Crippen LogP contribution in [0.3, 0.4) is 0 Å². The Morgan fingerprint density at radius 1 is 1.12 bits per heavy atom. The van der Waals surface area contributed by atoms with E-state index in [1.54, 1.807) is 0 Å². The van der Waals surface area contributed by atoms with Gasteiger partial charge in [0.25, 0.3) is 0 Å². The van der Waals surface area contributed by atoms with Crippen LogP contribution in [0.15, 0.2) is 30.3 Å². The summed E-state index contributed by atoms with van der Waals surface area (Å²) in [4.78, 5) is 11.5. The SMILES string of the molecule is CCCCCCNC(=O)CNc1ccccc1. The number of amides is 1. The molecule has 0 heterocycles. The van der Waals surface area contributed by atoms with Crippen molar-refractivity contribution in [1.82, 2.24) is 5.32 Å². The normalized spacial score (nSPS) is 9.94. The molecule has 1 aromatic carbocycles. The summed E-state index contributed by atoms with van der Waals surface area (Å²) >= 11 is 0. The summed E-state index contributed by atoms with van der Waals surface area (Å²) < 4.78 is 0. The van der Waals surface area contributed by atoms with Gasteiger partial charge in [0, 0.05) is 12.2 Å². The van der Waals surface area contributed by atoms with Gasteiger partial charge in [-0.2, -0.15) is 0 Å². The van der Waals surface area contributed by atoms with Crippen LogP contribution in [0.25, 0.3) is 0 Å². The maximum Gasteiger partial charge on any atom is 0.239 e. The third kappa shape index (κ3) is 6.61. The van der Waals surface area contributed by atoms with Gasteiger partial charge in [-0.15, -0.1) is 0 Å². The minimum atomic E-state index is 0.0605.